The number of nitrogen functional groups attached to an aromatic ring is 1. The third-order valence-electron chi connectivity index (χ3n) is 5.85. The Bertz CT molecular complexity index is 701. The van der Waals surface area contributed by atoms with Crippen LogP contribution >= 0.6 is 0 Å². The smallest absolute Gasteiger partial charge is 0.142 e. The second kappa shape index (κ2) is 31.8. The molecule has 0 heterocycles. The SMILES string of the molecule is CCC(C)COCCOCCOCCOCCOCCOCCOCCOCCOCCOCCOc1ccccc1N. The molecule has 1 aromatic carbocycles. The van der Waals surface area contributed by atoms with Gasteiger partial charge in [-0.1, -0.05) is 32.4 Å². The van der Waals surface area contributed by atoms with Crippen molar-refractivity contribution in [1.29, 1.82) is 0 Å². The summed E-state index contributed by atoms with van der Waals surface area (Å²) < 4.78 is 60.4. The molecule has 0 bridgehead atoms. The van der Waals surface area contributed by atoms with Gasteiger partial charge in [0, 0.05) is 6.61 Å². The molecular weight excluding hydrogens is 562 g/mol. The average molecular weight is 620 g/mol. The standard InChI is InChI=1S/C31H57NO11/c1-3-29(2)28-42-25-24-40-21-20-38-17-16-36-13-12-34-9-8-33-10-11-35-14-15-37-18-19-39-22-23-41-26-27-43-31-7-5-4-6-30(31)32/h4-7,29H,3,8-28,32H2,1-2H3. The van der Waals surface area contributed by atoms with E-state index in [9.17, 15) is 0 Å². The molecule has 0 saturated heterocycles. The van der Waals surface area contributed by atoms with Crippen molar-refractivity contribution in [2.24, 2.45) is 5.92 Å². The van der Waals surface area contributed by atoms with E-state index in [0.29, 0.717) is 149 Å². The Balaban J connectivity index is 1.64. The molecule has 0 radical (unpaired) electrons. The second-order valence-corrected chi connectivity index (χ2v) is 9.49. The molecule has 0 amide bonds. The normalized spacial score (nSPS) is 12.1. The summed E-state index contributed by atoms with van der Waals surface area (Å²) in [5.74, 6) is 1.27. The third-order valence-corrected chi connectivity index (χ3v) is 5.85. The molecule has 252 valence electrons. The zero-order valence-corrected chi connectivity index (χ0v) is 26.5. The first-order valence-corrected chi connectivity index (χ1v) is 15.5. The zero-order valence-electron chi connectivity index (χ0n) is 26.5. The lowest BCUT2D eigenvalue weighted by Crippen LogP contribution is -2.15. The topological polar surface area (TPSA) is 128 Å². The Kier molecular flexibility index (Phi) is 29.2. The number of benzene rings is 1. The minimum absolute atomic E-state index is 0.441. The van der Waals surface area contributed by atoms with Crippen LogP contribution in [0, 0.1) is 5.92 Å². The summed E-state index contributed by atoms with van der Waals surface area (Å²) in [6.07, 6.45) is 1.13. The summed E-state index contributed by atoms with van der Waals surface area (Å²) >= 11 is 0. The molecule has 43 heavy (non-hydrogen) atoms. The first-order chi connectivity index (χ1) is 21.2. The van der Waals surface area contributed by atoms with Gasteiger partial charge in [0.25, 0.3) is 0 Å². The summed E-state index contributed by atoms with van der Waals surface area (Å²) in [5.41, 5.74) is 6.44. The lowest BCUT2D eigenvalue weighted by Gasteiger charge is -2.10. The van der Waals surface area contributed by atoms with Crippen molar-refractivity contribution >= 4 is 5.69 Å². The molecule has 0 saturated carbocycles. The molecule has 0 aliphatic carbocycles. The van der Waals surface area contributed by atoms with Gasteiger partial charge in [-0.25, -0.2) is 0 Å². The zero-order chi connectivity index (χ0) is 30.9. The van der Waals surface area contributed by atoms with Crippen LogP contribution in [0.1, 0.15) is 20.3 Å². The van der Waals surface area contributed by atoms with Crippen LogP contribution in [0.4, 0.5) is 5.69 Å². The van der Waals surface area contributed by atoms with E-state index >= 15 is 0 Å². The molecule has 1 aromatic rings. The van der Waals surface area contributed by atoms with Gasteiger partial charge in [0.05, 0.1) is 131 Å². The highest BCUT2D eigenvalue weighted by atomic mass is 16.6. The highest BCUT2D eigenvalue weighted by Crippen LogP contribution is 2.19. The maximum absolute atomic E-state index is 5.82. The van der Waals surface area contributed by atoms with Gasteiger partial charge in [-0.15, -0.1) is 0 Å². The predicted molar refractivity (Wildman–Crippen MR) is 164 cm³/mol. The van der Waals surface area contributed by atoms with Gasteiger partial charge in [0.2, 0.25) is 0 Å². The summed E-state index contributed by atoms with van der Waals surface area (Å²) in [4.78, 5) is 0. The van der Waals surface area contributed by atoms with Crippen molar-refractivity contribution in [3.63, 3.8) is 0 Å². The van der Waals surface area contributed by atoms with E-state index in [1.165, 1.54) is 0 Å². The van der Waals surface area contributed by atoms with E-state index in [2.05, 4.69) is 13.8 Å². The van der Waals surface area contributed by atoms with Gasteiger partial charge >= 0.3 is 0 Å². The lowest BCUT2D eigenvalue weighted by atomic mass is 10.1. The Hall–Kier alpha value is -1.58. The number of hydrogen-bond acceptors (Lipinski definition) is 12. The fraction of sp³-hybridized carbons (Fsp3) is 0.806. The van der Waals surface area contributed by atoms with Crippen LogP contribution in [0.5, 0.6) is 5.75 Å². The summed E-state index contributed by atoms with van der Waals surface area (Å²) in [7, 11) is 0. The van der Waals surface area contributed by atoms with Crippen LogP contribution in [0.25, 0.3) is 0 Å². The van der Waals surface area contributed by atoms with E-state index in [1.807, 2.05) is 18.2 Å². The number of rotatable bonds is 34. The number of hydrogen-bond donors (Lipinski definition) is 1. The van der Waals surface area contributed by atoms with Crippen molar-refractivity contribution in [3.05, 3.63) is 24.3 Å². The Labute approximate surface area is 258 Å². The fourth-order valence-electron chi connectivity index (χ4n) is 3.20. The molecule has 0 spiro atoms. The number of nitrogens with two attached hydrogens (primary N) is 1. The van der Waals surface area contributed by atoms with Gasteiger partial charge in [0.1, 0.15) is 12.4 Å². The van der Waals surface area contributed by atoms with Crippen molar-refractivity contribution < 1.29 is 52.1 Å². The van der Waals surface area contributed by atoms with E-state index in [4.69, 9.17) is 57.8 Å². The molecule has 1 rings (SSSR count). The molecule has 1 atom stereocenters. The van der Waals surface area contributed by atoms with Gasteiger partial charge < -0.3 is 57.8 Å². The molecule has 0 aromatic heterocycles. The van der Waals surface area contributed by atoms with Gasteiger partial charge in [-0.3, -0.25) is 0 Å². The van der Waals surface area contributed by atoms with E-state index in [0.717, 1.165) is 13.0 Å². The van der Waals surface area contributed by atoms with Crippen molar-refractivity contribution in [3.8, 4) is 5.75 Å². The molecule has 2 N–H and O–H groups in total. The fourth-order valence-corrected chi connectivity index (χ4v) is 3.20. The van der Waals surface area contributed by atoms with Crippen molar-refractivity contribution in [2.45, 2.75) is 20.3 Å². The molecule has 0 fully saturated rings. The lowest BCUT2D eigenvalue weighted by molar-refractivity contribution is -0.0271. The van der Waals surface area contributed by atoms with Crippen molar-refractivity contribution in [1.82, 2.24) is 0 Å². The van der Waals surface area contributed by atoms with E-state index in [1.54, 1.807) is 6.07 Å². The molecule has 12 heteroatoms. The van der Waals surface area contributed by atoms with E-state index < -0.39 is 0 Å². The molecule has 0 aliphatic heterocycles. The molecule has 12 nitrogen and oxygen atoms in total. The van der Waals surface area contributed by atoms with Crippen LogP contribution in [0.3, 0.4) is 0 Å². The van der Waals surface area contributed by atoms with E-state index in [-0.39, 0.29) is 0 Å². The number of para-hydroxylation sites is 2. The Morgan fingerprint density at radius 3 is 1.09 bits per heavy atom. The van der Waals surface area contributed by atoms with Crippen LogP contribution in [0.2, 0.25) is 0 Å². The van der Waals surface area contributed by atoms with Gasteiger partial charge in [-0.2, -0.15) is 0 Å². The first kappa shape index (κ1) is 39.4. The monoisotopic (exact) mass is 619 g/mol. The highest BCUT2D eigenvalue weighted by Gasteiger charge is 2.00. The minimum atomic E-state index is 0.441. The highest BCUT2D eigenvalue weighted by molar-refractivity contribution is 5.51. The largest absolute Gasteiger partial charge is 0.489 e. The minimum Gasteiger partial charge on any atom is -0.489 e. The van der Waals surface area contributed by atoms with Crippen LogP contribution in [-0.4, -0.2) is 139 Å². The number of ether oxygens (including phenoxy) is 11. The Morgan fingerprint density at radius 1 is 0.465 bits per heavy atom. The maximum Gasteiger partial charge on any atom is 0.142 e. The van der Waals surface area contributed by atoms with Crippen LogP contribution in [-0.2, 0) is 47.4 Å². The first-order valence-electron chi connectivity index (χ1n) is 15.5. The maximum atomic E-state index is 5.82. The number of anilines is 1. The van der Waals surface area contributed by atoms with Gasteiger partial charge in [0.15, 0.2) is 0 Å². The third kappa shape index (κ3) is 27.7. The van der Waals surface area contributed by atoms with Gasteiger partial charge in [-0.05, 0) is 18.1 Å². The molecule has 1 unspecified atom stereocenters. The molecule has 0 aliphatic rings. The van der Waals surface area contributed by atoms with Crippen LogP contribution < -0.4 is 10.5 Å². The summed E-state index contributed by atoms with van der Waals surface area (Å²) in [6.45, 7) is 15.6. The van der Waals surface area contributed by atoms with Crippen molar-refractivity contribution in [2.75, 3.05) is 144 Å². The summed E-state index contributed by atoms with van der Waals surface area (Å²) in [6, 6.07) is 7.39. The summed E-state index contributed by atoms with van der Waals surface area (Å²) in [5, 5.41) is 0. The Morgan fingerprint density at radius 2 is 0.767 bits per heavy atom. The second-order valence-electron chi connectivity index (χ2n) is 9.49. The van der Waals surface area contributed by atoms with Crippen LogP contribution in [0.15, 0.2) is 24.3 Å². The quantitative estimate of drug-likeness (QED) is 0.0900. The average Bonchev–Trinajstić information content (AvgIpc) is 3.02. The predicted octanol–water partition coefficient (Wildman–Crippen LogP) is 2.86. The molecular formula is C31H57NO11.